The lowest BCUT2D eigenvalue weighted by Gasteiger charge is -2.36. The highest BCUT2D eigenvalue weighted by Crippen LogP contribution is 2.46. The minimum atomic E-state index is -0.293. The van der Waals surface area contributed by atoms with E-state index in [1.807, 2.05) is 26.0 Å². The Hall–Kier alpha value is -2.30. The Labute approximate surface area is 141 Å². The van der Waals surface area contributed by atoms with Crippen molar-refractivity contribution in [1.29, 1.82) is 0 Å². The van der Waals surface area contributed by atoms with Gasteiger partial charge < -0.3 is 14.2 Å². The van der Waals surface area contributed by atoms with E-state index in [-0.39, 0.29) is 29.5 Å². The molecule has 3 rings (SSSR count). The van der Waals surface area contributed by atoms with Crippen molar-refractivity contribution in [3.05, 3.63) is 35.1 Å². The second kappa shape index (κ2) is 5.96. The van der Waals surface area contributed by atoms with Gasteiger partial charge in [0.1, 0.15) is 5.76 Å². The molecule has 0 amide bonds. The van der Waals surface area contributed by atoms with Crippen LogP contribution in [-0.4, -0.2) is 26.0 Å². The number of Topliss-reactive ketones (excluding diaryl/α,β-unsaturated/α-hetero) is 1. The summed E-state index contributed by atoms with van der Waals surface area (Å²) in [5, 5.41) is 0. The van der Waals surface area contributed by atoms with E-state index in [1.165, 1.54) is 0 Å². The average molecular weight is 330 g/mol. The number of methoxy groups -OCH3 is 2. The Morgan fingerprint density at radius 2 is 1.79 bits per heavy atom. The summed E-state index contributed by atoms with van der Waals surface area (Å²) < 4.78 is 16.0. The van der Waals surface area contributed by atoms with Gasteiger partial charge in [-0.05, 0) is 23.1 Å². The summed E-state index contributed by atoms with van der Waals surface area (Å²) in [6.07, 6.45) is 1.23. The van der Waals surface area contributed by atoms with Gasteiger partial charge >= 0.3 is 5.97 Å². The fraction of sp³-hybridized carbons (Fsp3) is 0.474. The van der Waals surface area contributed by atoms with Gasteiger partial charge in [0, 0.05) is 24.3 Å². The zero-order valence-electron chi connectivity index (χ0n) is 14.5. The molecule has 1 aromatic carbocycles. The largest absolute Gasteiger partial charge is 0.493 e. The van der Waals surface area contributed by atoms with Gasteiger partial charge in [-0.15, -0.1) is 0 Å². The summed E-state index contributed by atoms with van der Waals surface area (Å²) in [6, 6.07) is 5.51. The van der Waals surface area contributed by atoms with Gasteiger partial charge in [-0.1, -0.05) is 19.9 Å². The van der Waals surface area contributed by atoms with Crippen LogP contribution in [0, 0.1) is 5.41 Å². The number of hydrogen-bond acceptors (Lipinski definition) is 5. The maximum atomic E-state index is 12.7. The van der Waals surface area contributed by atoms with Crippen molar-refractivity contribution >= 4 is 11.8 Å². The Bertz CT molecular complexity index is 729. The summed E-state index contributed by atoms with van der Waals surface area (Å²) in [7, 11) is 3.14. The molecular formula is C19H22O5. The highest BCUT2D eigenvalue weighted by molar-refractivity contribution is 6.00. The van der Waals surface area contributed by atoms with Gasteiger partial charge in [-0.25, -0.2) is 0 Å². The smallest absolute Gasteiger partial charge is 0.311 e. The zero-order chi connectivity index (χ0) is 17.5. The first kappa shape index (κ1) is 16.6. The molecule has 1 aromatic rings. The van der Waals surface area contributed by atoms with Crippen LogP contribution < -0.4 is 9.47 Å². The molecule has 0 radical (unpaired) electrons. The molecule has 5 nitrogen and oxygen atoms in total. The molecular weight excluding hydrogens is 308 g/mol. The van der Waals surface area contributed by atoms with Gasteiger partial charge in [0.25, 0.3) is 0 Å². The van der Waals surface area contributed by atoms with E-state index in [0.29, 0.717) is 35.7 Å². The van der Waals surface area contributed by atoms with Crippen molar-refractivity contribution in [3.8, 4) is 11.5 Å². The van der Waals surface area contributed by atoms with Crippen LogP contribution >= 0.6 is 0 Å². The van der Waals surface area contributed by atoms with Gasteiger partial charge in [-0.2, -0.15) is 0 Å². The van der Waals surface area contributed by atoms with Crippen LogP contribution in [0.3, 0.4) is 0 Å². The predicted octanol–water partition coefficient (Wildman–Crippen LogP) is 3.38. The van der Waals surface area contributed by atoms with Crippen LogP contribution in [0.5, 0.6) is 11.5 Å². The number of carbonyl (C=O) groups excluding carboxylic acids is 2. The second-order valence-corrected chi connectivity index (χ2v) is 7.12. The van der Waals surface area contributed by atoms with E-state index in [1.54, 1.807) is 20.3 Å². The standard InChI is InChI=1S/C19H22O5/c1-19(2)9-13(20)18-12(8-17(21)24-16(18)10-19)11-5-6-14(22-3)15(7-11)23-4/h5-7,12H,8-10H2,1-4H3. The summed E-state index contributed by atoms with van der Waals surface area (Å²) >= 11 is 0. The molecule has 0 spiro atoms. The van der Waals surface area contributed by atoms with Crippen molar-refractivity contribution in [2.45, 2.75) is 39.0 Å². The number of hydrogen-bond donors (Lipinski definition) is 0. The number of ether oxygens (including phenoxy) is 3. The minimum Gasteiger partial charge on any atom is -0.493 e. The molecule has 2 aliphatic rings. The minimum absolute atomic E-state index is 0.0635. The van der Waals surface area contributed by atoms with E-state index in [4.69, 9.17) is 14.2 Å². The lowest BCUT2D eigenvalue weighted by molar-refractivity contribution is -0.142. The summed E-state index contributed by atoms with van der Waals surface area (Å²) in [4.78, 5) is 24.8. The van der Waals surface area contributed by atoms with Crippen LogP contribution in [0.15, 0.2) is 29.5 Å². The van der Waals surface area contributed by atoms with Gasteiger partial charge in [0.15, 0.2) is 17.3 Å². The number of benzene rings is 1. The Morgan fingerprint density at radius 3 is 2.46 bits per heavy atom. The molecule has 0 bridgehead atoms. The van der Waals surface area contributed by atoms with Crippen LogP contribution in [-0.2, 0) is 14.3 Å². The first-order valence-electron chi connectivity index (χ1n) is 8.03. The molecule has 1 unspecified atom stereocenters. The van der Waals surface area contributed by atoms with Crippen LogP contribution in [0.25, 0.3) is 0 Å². The first-order chi connectivity index (χ1) is 11.3. The van der Waals surface area contributed by atoms with Crippen molar-refractivity contribution in [2.24, 2.45) is 5.41 Å². The van der Waals surface area contributed by atoms with Gasteiger partial charge in [-0.3, -0.25) is 9.59 Å². The molecule has 0 fully saturated rings. The maximum absolute atomic E-state index is 12.7. The van der Waals surface area contributed by atoms with Gasteiger partial charge in [0.05, 0.1) is 20.6 Å². The van der Waals surface area contributed by atoms with Crippen LogP contribution in [0.2, 0.25) is 0 Å². The topological polar surface area (TPSA) is 61.8 Å². The third kappa shape index (κ3) is 2.90. The molecule has 5 heteroatoms. The SMILES string of the molecule is COc1ccc(C2CC(=O)OC3=C2C(=O)CC(C)(C)C3)cc1OC. The quantitative estimate of drug-likeness (QED) is 0.795. The molecule has 128 valence electrons. The monoisotopic (exact) mass is 330 g/mol. The van der Waals surface area contributed by atoms with E-state index in [2.05, 4.69) is 0 Å². The predicted molar refractivity (Wildman–Crippen MR) is 88.0 cm³/mol. The molecule has 0 aromatic heterocycles. The lowest BCUT2D eigenvalue weighted by atomic mass is 9.71. The van der Waals surface area contributed by atoms with E-state index < -0.39 is 0 Å². The fourth-order valence-corrected chi connectivity index (χ4v) is 3.56. The Kier molecular flexibility index (Phi) is 4.11. The number of allylic oxidation sites excluding steroid dienone is 2. The number of carbonyl (C=O) groups is 2. The molecule has 1 aliphatic heterocycles. The summed E-state index contributed by atoms with van der Waals surface area (Å²) in [5.74, 6) is 1.22. The van der Waals surface area contributed by atoms with Crippen LogP contribution in [0.1, 0.15) is 44.6 Å². The third-order valence-corrected chi connectivity index (χ3v) is 4.65. The molecule has 0 N–H and O–H groups in total. The number of ketones is 1. The van der Waals surface area contributed by atoms with E-state index in [0.717, 1.165) is 5.56 Å². The maximum Gasteiger partial charge on any atom is 0.311 e. The number of esters is 1. The third-order valence-electron chi connectivity index (χ3n) is 4.65. The normalized spacial score (nSPS) is 22.8. The highest BCUT2D eigenvalue weighted by Gasteiger charge is 2.42. The zero-order valence-corrected chi connectivity index (χ0v) is 14.5. The Balaban J connectivity index is 2.07. The molecule has 1 aliphatic carbocycles. The molecule has 1 heterocycles. The number of rotatable bonds is 3. The second-order valence-electron chi connectivity index (χ2n) is 7.12. The highest BCUT2D eigenvalue weighted by atomic mass is 16.5. The molecule has 24 heavy (non-hydrogen) atoms. The van der Waals surface area contributed by atoms with E-state index >= 15 is 0 Å². The average Bonchev–Trinajstić information content (AvgIpc) is 2.51. The Morgan fingerprint density at radius 1 is 1.08 bits per heavy atom. The van der Waals surface area contributed by atoms with Crippen molar-refractivity contribution in [3.63, 3.8) is 0 Å². The van der Waals surface area contributed by atoms with Crippen LogP contribution in [0.4, 0.5) is 0 Å². The van der Waals surface area contributed by atoms with Crippen molar-refractivity contribution in [1.82, 2.24) is 0 Å². The fourth-order valence-electron chi connectivity index (χ4n) is 3.56. The summed E-state index contributed by atoms with van der Waals surface area (Å²) in [5.41, 5.74) is 1.32. The molecule has 1 atom stereocenters. The van der Waals surface area contributed by atoms with E-state index in [9.17, 15) is 9.59 Å². The summed E-state index contributed by atoms with van der Waals surface area (Å²) in [6.45, 7) is 4.03. The van der Waals surface area contributed by atoms with Crippen molar-refractivity contribution < 1.29 is 23.8 Å². The molecule has 0 saturated heterocycles. The van der Waals surface area contributed by atoms with Gasteiger partial charge in [0.2, 0.25) is 0 Å². The van der Waals surface area contributed by atoms with Crippen molar-refractivity contribution in [2.75, 3.05) is 14.2 Å². The first-order valence-corrected chi connectivity index (χ1v) is 8.03. The lowest BCUT2D eigenvalue weighted by Crippen LogP contribution is -2.33. The molecule has 0 saturated carbocycles.